The summed E-state index contributed by atoms with van der Waals surface area (Å²) in [6, 6.07) is 3.84. The second kappa shape index (κ2) is 5.55. The number of amides is 1. The first kappa shape index (κ1) is 15.1. The molecule has 1 aromatic carbocycles. The third-order valence-electron chi connectivity index (χ3n) is 6.11. The van der Waals surface area contributed by atoms with Gasteiger partial charge in [0.1, 0.15) is 11.6 Å². The third-order valence-corrected chi connectivity index (χ3v) is 6.11. The van der Waals surface area contributed by atoms with E-state index in [1.807, 2.05) is 0 Å². The molecule has 0 heterocycles. The van der Waals surface area contributed by atoms with Crippen molar-refractivity contribution in [3.05, 3.63) is 35.4 Å². The molecule has 3 saturated carbocycles. The maximum Gasteiger partial charge on any atom is 0.223 e. The molecule has 0 radical (unpaired) electrons. The number of rotatable bonds is 4. The van der Waals surface area contributed by atoms with Gasteiger partial charge >= 0.3 is 0 Å². The fourth-order valence-electron chi connectivity index (χ4n) is 4.84. The van der Waals surface area contributed by atoms with Crippen LogP contribution in [0.15, 0.2) is 18.2 Å². The van der Waals surface area contributed by atoms with Gasteiger partial charge in [-0.1, -0.05) is 6.07 Å². The van der Waals surface area contributed by atoms with Gasteiger partial charge in [0.15, 0.2) is 0 Å². The van der Waals surface area contributed by atoms with E-state index in [2.05, 4.69) is 5.32 Å². The lowest BCUT2D eigenvalue weighted by molar-refractivity contribution is -0.124. The molecule has 0 spiro atoms. The van der Waals surface area contributed by atoms with E-state index in [0.29, 0.717) is 18.3 Å². The monoisotopic (exact) mass is 321 g/mol. The molecule has 3 aliphatic rings. The topological polar surface area (TPSA) is 49.3 Å². The first-order valence-electron chi connectivity index (χ1n) is 8.45. The minimum absolute atomic E-state index is 0.0259. The summed E-state index contributed by atoms with van der Waals surface area (Å²) >= 11 is 0. The second-order valence-corrected chi connectivity index (χ2v) is 7.30. The molecule has 6 atom stereocenters. The lowest BCUT2D eigenvalue weighted by Gasteiger charge is -2.30. The summed E-state index contributed by atoms with van der Waals surface area (Å²) in [5.41, 5.74) is 0.0410. The number of aliphatic hydroxyl groups excluding tert-OH is 1. The third kappa shape index (κ3) is 2.45. The largest absolute Gasteiger partial charge is 0.396 e. The Bertz CT molecular complexity index is 615. The van der Waals surface area contributed by atoms with Gasteiger partial charge < -0.3 is 10.4 Å². The van der Waals surface area contributed by atoms with Gasteiger partial charge in [0.05, 0.1) is 0 Å². The van der Waals surface area contributed by atoms with Crippen LogP contribution in [-0.2, 0) is 4.79 Å². The zero-order chi connectivity index (χ0) is 16.1. The molecule has 3 fully saturated rings. The molecule has 1 amide bonds. The molecule has 6 unspecified atom stereocenters. The number of carbonyl (C=O) groups is 1. The Morgan fingerprint density at radius 1 is 1.17 bits per heavy atom. The molecule has 2 bridgehead atoms. The maximum absolute atomic E-state index is 13.8. The average Bonchev–Trinajstić information content (AvgIpc) is 3.04. The summed E-state index contributed by atoms with van der Waals surface area (Å²) in [4.78, 5) is 12.5. The number of hydrogen-bond acceptors (Lipinski definition) is 2. The number of carbonyl (C=O) groups excluding carboxylic acids is 1. The van der Waals surface area contributed by atoms with E-state index in [0.717, 1.165) is 19.3 Å². The molecule has 4 rings (SSSR count). The van der Waals surface area contributed by atoms with E-state index >= 15 is 0 Å². The van der Waals surface area contributed by atoms with E-state index in [1.165, 1.54) is 18.2 Å². The van der Waals surface area contributed by atoms with Gasteiger partial charge in [-0.05, 0) is 49.7 Å². The number of fused-ring (bicyclic) bond motifs is 2. The summed E-state index contributed by atoms with van der Waals surface area (Å²) in [6.45, 7) is 0.0994. The number of hydrogen-bond donors (Lipinski definition) is 2. The molecule has 0 aromatic heterocycles. The van der Waals surface area contributed by atoms with Crippen molar-refractivity contribution in [3.63, 3.8) is 0 Å². The minimum Gasteiger partial charge on any atom is -0.396 e. The molecule has 124 valence electrons. The molecule has 23 heavy (non-hydrogen) atoms. The van der Waals surface area contributed by atoms with Crippen LogP contribution in [0.5, 0.6) is 0 Å². The number of aliphatic hydroxyl groups is 1. The summed E-state index contributed by atoms with van der Waals surface area (Å²) in [7, 11) is 0. The zero-order valence-electron chi connectivity index (χ0n) is 12.8. The molecule has 1 aromatic rings. The van der Waals surface area contributed by atoms with Crippen molar-refractivity contribution in [2.24, 2.45) is 23.7 Å². The van der Waals surface area contributed by atoms with Crippen LogP contribution in [0.1, 0.15) is 37.2 Å². The van der Waals surface area contributed by atoms with E-state index in [4.69, 9.17) is 0 Å². The van der Waals surface area contributed by atoms with Crippen molar-refractivity contribution in [2.45, 2.75) is 37.6 Å². The molecular weight excluding hydrogens is 300 g/mol. The van der Waals surface area contributed by atoms with E-state index in [9.17, 15) is 18.7 Å². The Balaban J connectivity index is 1.44. The Hall–Kier alpha value is -1.49. The van der Waals surface area contributed by atoms with Gasteiger partial charge in [0.25, 0.3) is 0 Å². The van der Waals surface area contributed by atoms with Crippen LogP contribution in [0.2, 0.25) is 0 Å². The van der Waals surface area contributed by atoms with Gasteiger partial charge in [0.2, 0.25) is 5.91 Å². The van der Waals surface area contributed by atoms with Gasteiger partial charge in [-0.3, -0.25) is 4.79 Å². The maximum atomic E-state index is 13.8. The molecule has 3 nitrogen and oxygen atoms in total. The predicted octanol–water partition coefficient (Wildman–Crippen LogP) is 2.59. The van der Waals surface area contributed by atoms with Gasteiger partial charge in [-0.2, -0.15) is 0 Å². The lowest BCUT2D eigenvalue weighted by atomic mass is 9.85. The van der Waals surface area contributed by atoms with E-state index in [1.54, 1.807) is 0 Å². The minimum atomic E-state index is -0.571. The van der Waals surface area contributed by atoms with E-state index < -0.39 is 11.6 Å². The fraction of sp³-hybridized carbons (Fsp3) is 0.611. The molecule has 3 aliphatic carbocycles. The first-order chi connectivity index (χ1) is 11.1. The van der Waals surface area contributed by atoms with Gasteiger partial charge in [-0.25, -0.2) is 8.78 Å². The molecule has 0 saturated heterocycles. The Labute approximate surface area is 134 Å². The molecule has 0 aliphatic heterocycles. The standard InChI is InChI=1S/C18H21F2NO2/c19-14-2-1-3-15(20)16(14)11-7-12(11)18(23)21-17-10-5-4-9(6-10)13(17)8-22/h1-3,9-13,17,22H,4-8H2,(H,21,23). The van der Waals surface area contributed by atoms with E-state index in [-0.39, 0.29) is 41.9 Å². The smallest absolute Gasteiger partial charge is 0.223 e. The van der Waals surface area contributed by atoms with Crippen LogP contribution in [0.25, 0.3) is 0 Å². The van der Waals surface area contributed by atoms with Gasteiger partial charge in [-0.15, -0.1) is 0 Å². The van der Waals surface area contributed by atoms with Crippen molar-refractivity contribution in [1.82, 2.24) is 5.32 Å². The van der Waals surface area contributed by atoms with Crippen molar-refractivity contribution < 1.29 is 18.7 Å². The Kier molecular flexibility index (Phi) is 3.63. The SMILES string of the molecule is O=C(NC1C2CCC(C2)C1CO)C1CC1c1c(F)cccc1F. The Morgan fingerprint density at radius 3 is 2.57 bits per heavy atom. The molecule has 2 N–H and O–H groups in total. The zero-order valence-corrected chi connectivity index (χ0v) is 12.8. The summed E-state index contributed by atoms with van der Waals surface area (Å²) in [5.74, 6) is -0.870. The highest BCUT2D eigenvalue weighted by Crippen LogP contribution is 2.51. The quantitative estimate of drug-likeness (QED) is 0.895. The van der Waals surface area contributed by atoms with Crippen molar-refractivity contribution in [2.75, 3.05) is 6.61 Å². The number of halogens is 2. The van der Waals surface area contributed by atoms with Crippen LogP contribution in [-0.4, -0.2) is 23.7 Å². The van der Waals surface area contributed by atoms with Crippen molar-refractivity contribution in [1.29, 1.82) is 0 Å². The van der Waals surface area contributed by atoms with Crippen LogP contribution in [0.3, 0.4) is 0 Å². The second-order valence-electron chi connectivity index (χ2n) is 7.30. The average molecular weight is 321 g/mol. The normalized spacial score (nSPS) is 37.9. The highest BCUT2D eigenvalue weighted by molar-refractivity contribution is 5.83. The fourth-order valence-corrected chi connectivity index (χ4v) is 4.84. The summed E-state index contributed by atoms with van der Waals surface area (Å²) < 4.78 is 27.6. The highest BCUT2D eigenvalue weighted by atomic mass is 19.1. The lowest BCUT2D eigenvalue weighted by Crippen LogP contribution is -2.46. The summed E-state index contributed by atoms with van der Waals surface area (Å²) in [5, 5.41) is 12.6. The summed E-state index contributed by atoms with van der Waals surface area (Å²) in [6.07, 6.45) is 3.80. The van der Waals surface area contributed by atoms with Crippen LogP contribution in [0.4, 0.5) is 8.78 Å². The highest BCUT2D eigenvalue weighted by Gasteiger charge is 2.51. The number of nitrogens with one attached hydrogen (secondary N) is 1. The first-order valence-corrected chi connectivity index (χ1v) is 8.45. The van der Waals surface area contributed by atoms with Gasteiger partial charge in [0, 0.05) is 36.0 Å². The van der Waals surface area contributed by atoms with Crippen molar-refractivity contribution >= 4 is 5.91 Å². The molecule has 5 heteroatoms. The predicted molar refractivity (Wildman–Crippen MR) is 80.5 cm³/mol. The number of benzene rings is 1. The Morgan fingerprint density at radius 2 is 1.87 bits per heavy atom. The van der Waals surface area contributed by atoms with Crippen LogP contribution in [0, 0.1) is 35.3 Å². The molecular formula is C18H21F2NO2. The van der Waals surface area contributed by atoms with Crippen LogP contribution >= 0.6 is 0 Å². The van der Waals surface area contributed by atoms with Crippen LogP contribution < -0.4 is 5.32 Å². The van der Waals surface area contributed by atoms with Crippen molar-refractivity contribution in [3.8, 4) is 0 Å².